The molecule has 0 aliphatic carbocycles. The van der Waals surface area contributed by atoms with Crippen molar-refractivity contribution in [2.24, 2.45) is 0 Å². The first-order valence-electron chi connectivity index (χ1n) is 7.32. The fourth-order valence-electron chi connectivity index (χ4n) is 2.40. The van der Waals surface area contributed by atoms with Crippen molar-refractivity contribution in [3.8, 4) is 11.3 Å². The van der Waals surface area contributed by atoms with E-state index in [-0.39, 0.29) is 12.1 Å². The van der Waals surface area contributed by atoms with Crippen molar-refractivity contribution < 1.29 is 17.6 Å². The maximum absolute atomic E-state index is 13.3. The third-order valence-electron chi connectivity index (χ3n) is 3.64. The van der Waals surface area contributed by atoms with Gasteiger partial charge in [0.1, 0.15) is 5.82 Å². The minimum atomic E-state index is -4.79. The van der Waals surface area contributed by atoms with E-state index in [9.17, 15) is 22.4 Å². The van der Waals surface area contributed by atoms with Crippen LogP contribution >= 0.6 is 0 Å². The molecule has 0 saturated heterocycles. The highest BCUT2D eigenvalue weighted by atomic mass is 19.4. The molecule has 0 radical (unpaired) electrons. The van der Waals surface area contributed by atoms with E-state index in [1.165, 1.54) is 23.0 Å². The largest absolute Gasteiger partial charge is 0.419 e. The van der Waals surface area contributed by atoms with Crippen LogP contribution in [0.15, 0.2) is 65.7 Å². The Morgan fingerprint density at radius 3 is 2.36 bits per heavy atom. The van der Waals surface area contributed by atoms with Gasteiger partial charge in [0, 0.05) is 11.6 Å². The number of nitrogens with zero attached hydrogens (tertiary/aromatic N) is 2. The standard InChI is InChI=1S/C18H12F4N2O/c19-15-7-6-12(8-14(15)18(20,21)22)10-24-11-23-16(9-17(24)25)13-4-2-1-3-5-13/h1-9,11H,10H2. The molecular formula is C18H12F4N2O. The van der Waals surface area contributed by atoms with Gasteiger partial charge in [0.25, 0.3) is 5.56 Å². The van der Waals surface area contributed by atoms with Crippen LogP contribution < -0.4 is 5.56 Å². The Balaban J connectivity index is 1.91. The molecule has 0 aliphatic rings. The van der Waals surface area contributed by atoms with Crippen molar-refractivity contribution in [2.45, 2.75) is 12.7 Å². The van der Waals surface area contributed by atoms with Gasteiger partial charge in [-0.05, 0) is 17.7 Å². The molecule has 3 nitrogen and oxygen atoms in total. The van der Waals surface area contributed by atoms with E-state index in [1.807, 2.05) is 6.07 Å². The lowest BCUT2D eigenvalue weighted by Gasteiger charge is -2.11. The Kier molecular flexibility index (Phi) is 4.39. The summed E-state index contributed by atoms with van der Waals surface area (Å²) in [5, 5.41) is 0. The van der Waals surface area contributed by atoms with Crippen molar-refractivity contribution in [1.29, 1.82) is 0 Å². The quantitative estimate of drug-likeness (QED) is 0.668. The van der Waals surface area contributed by atoms with Crippen LogP contribution in [0.2, 0.25) is 0 Å². The molecule has 2 aromatic carbocycles. The monoisotopic (exact) mass is 348 g/mol. The van der Waals surface area contributed by atoms with Gasteiger partial charge in [-0.3, -0.25) is 9.36 Å². The Labute approximate surface area is 140 Å². The third-order valence-corrected chi connectivity index (χ3v) is 3.64. The van der Waals surface area contributed by atoms with E-state index in [2.05, 4.69) is 4.98 Å². The molecule has 0 spiro atoms. The summed E-state index contributed by atoms with van der Waals surface area (Å²) in [7, 11) is 0. The molecule has 0 saturated carbocycles. The number of hydrogen-bond acceptors (Lipinski definition) is 2. The lowest BCUT2D eigenvalue weighted by molar-refractivity contribution is -0.140. The number of benzene rings is 2. The van der Waals surface area contributed by atoms with Crippen LogP contribution in [0.1, 0.15) is 11.1 Å². The molecular weight excluding hydrogens is 336 g/mol. The zero-order valence-electron chi connectivity index (χ0n) is 12.8. The van der Waals surface area contributed by atoms with Gasteiger partial charge in [0.15, 0.2) is 0 Å². The number of rotatable bonds is 3. The van der Waals surface area contributed by atoms with E-state index in [1.54, 1.807) is 24.3 Å². The molecule has 0 amide bonds. The van der Waals surface area contributed by atoms with Crippen LogP contribution in [0.3, 0.4) is 0 Å². The van der Waals surface area contributed by atoms with E-state index in [4.69, 9.17) is 0 Å². The zero-order valence-corrected chi connectivity index (χ0v) is 12.8. The molecule has 0 atom stereocenters. The fraction of sp³-hybridized carbons (Fsp3) is 0.111. The predicted octanol–water partition coefficient (Wildman–Crippen LogP) is 4.12. The van der Waals surface area contributed by atoms with Crippen LogP contribution in [0, 0.1) is 5.82 Å². The number of aromatic nitrogens is 2. The number of halogens is 4. The lowest BCUT2D eigenvalue weighted by Crippen LogP contribution is -2.21. The lowest BCUT2D eigenvalue weighted by atomic mass is 10.1. The van der Waals surface area contributed by atoms with Gasteiger partial charge in [-0.15, -0.1) is 0 Å². The second-order valence-corrected chi connectivity index (χ2v) is 5.42. The summed E-state index contributed by atoms with van der Waals surface area (Å²) in [6.45, 7) is -0.135. The van der Waals surface area contributed by atoms with Crippen molar-refractivity contribution in [3.63, 3.8) is 0 Å². The van der Waals surface area contributed by atoms with E-state index >= 15 is 0 Å². The molecule has 25 heavy (non-hydrogen) atoms. The Morgan fingerprint density at radius 2 is 1.72 bits per heavy atom. The second-order valence-electron chi connectivity index (χ2n) is 5.42. The molecule has 0 bridgehead atoms. The van der Waals surface area contributed by atoms with Crippen molar-refractivity contribution >= 4 is 0 Å². The molecule has 1 heterocycles. The van der Waals surface area contributed by atoms with E-state index in [0.717, 1.165) is 11.6 Å². The van der Waals surface area contributed by atoms with Gasteiger partial charge >= 0.3 is 6.18 Å². The van der Waals surface area contributed by atoms with Crippen LogP contribution in [0.25, 0.3) is 11.3 Å². The van der Waals surface area contributed by atoms with Crippen LogP contribution in [0.5, 0.6) is 0 Å². The molecule has 0 aliphatic heterocycles. The van der Waals surface area contributed by atoms with Crippen molar-refractivity contribution in [1.82, 2.24) is 9.55 Å². The van der Waals surface area contributed by atoms with Gasteiger partial charge in [0.2, 0.25) is 0 Å². The maximum atomic E-state index is 13.3. The van der Waals surface area contributed by atoms with E-state index in [0.29, 0.717) is 11.8 Å². The molecule has 7 heteroatoms. The maximum Gasteiger partial charge on any atom is 0.419 e. The summed E-state index contributed by atoms with van der Waals surface area (Å²) in [6, 6.07) is 13.0. The highest BCUT2D eigenvalue weighted by molar-refractivity contribution is 5.57. The zero-order chi connectivity index (χ0) is 18.0. The topological polar surface area (TPSA) is 34.9 Å². The number of alkyl halides is 3. The minimum absolute atomic E-state index is 0.135. The Morgan fingerprint density at radius 1 is 1.00 bits per heavy atom. The van der Waals surface area contributed by atoms with Gasteiger partial charge in [-0.1, -0.05) is 36.4 Å². The molecule has 3 aromatic rings. The SMILES string of the molecule is O=c1cc(-c2ccccc2)ncn1Cc1ccc(F)c(C(F)(F)F)c1. The predicted molar refractivity (Wildman–Crippen MR) is 84.4 cm³/mol. The van der Waals surface area contributed by atoms with Crippen LogP contribution in [0.4, 0.5) is 17.6 Å². The van der Waals surface area contributed by atoms with Gasteiger partial charge < -0.3 is 0 Å². The van der Waals surface area contributed by atoms with E-state index < -0.39 is 23.1 Å². The molecule has 0 unspecified atom stereocenters. The van der Waals surface area contributed by atoms with Gasteiger partial charge in [0.05, 0.1) is 24.1 Å². The second kappa shape index (κ2) is 6.51. The summed E-state index contributed by atoms with van der Waals surface area (Å²) >= 11 is 0. The molecule has 128 valence electrons. The van der Waals surface area contributed by atoms with Crippen LogP contribution in [-0.4, -0.2) is 9.55 Å². The van der Waals surface area contributed by atoms with Crippen LogP contribution in [-0.2, 0) is 12.7 Å². The smallest absolute Gasteiger partial charge is 0.295 e. The molecule has 0 N–H and O–H groups in total. The normalized spacial score (nSPS) is 11.5. The number of hydrogen-bond donors (Lipinski definition) is 0. The highest BCUT2D eigenvalue weighted by Gasteiger charge is 2.34. The summed E-state index contributed by atoms with van der Waals surface area (Å²) in [5.74, 6) is -1.35. The summed E-state index contributed by atoms with van der Waals surface area (Å²) in [4.78, 5) is 16.4. The van der Waals surface area contributed by atoms with Crippen molar-refractivity contribution in [3.05, 3.63) is 88.2 Å². The molecule has 0 fully saturated rings. The van der Waals surface area contributed by atoms with Crippen molar-refractivity contribution in [2.75, 3.05) is 0 Å². The Hall–Kier alpha value is -2.96. The average Bonchev–Trinajstić information content (AvgIpc) is 2.58. The fourth-order valence-corrected chi connectivity index (χ4v) is 2.40. The Bertz CT molecular complexity index is 949. The third kappa shape index (κ3) is 3.76. The summed E-state index contributed by atoms with van der Waals surface area (Å²) in [6.07, 6.45) is -3.53. The van der Waals surface area contributed by atoms with Gasteiger partial charge in [-0.25, -0.2) is 9.37 Å². The summed E-state index contributed by atoms with van der Waals surface area (Å²) < 4.78 is 52.8. The highest BCUT2D eigenvalue weighted by Crippen LogP contribution is 2.32. The summed E-state index contributed by atoms with van der Waals surface area (Å²) in [5.41, 5.74) is -0.381. The average molecular weight is 348 g/mol. The molecule has 3 rings (SSSR count). The van der Waals surface area contributed by atoms with Gasteiger partial charge in [-0.2, -0.15) is 13.2 Å². The first-order valence-corrected chi connectivity index (χ1v) is 7.32. The minimum Gasteiger partial charge on any atom is -0.295 e. The first kappa shape index (κ1) is 16.9. The molecule has 1 aromatic heterocycles. The first-order chi connectivity index (χ1) is 11.8.